The van der Waals surface area contributed by atoms with E-state index in [-0.39, 0.29) is 11.9 Å². The third-order valence-electron chi connectivity index (χ3n) is 4.07. The largest absolute Gasteiger partial charge is 0.357 e. The van der Waals surface area contributed by atoms with Gasteiger partial charge in [-0.3, -0.25) is 4.79 Å². The van der Waals surface area contributed by atoms with E-state index in [0.717, 1.165) is 50.4 Å². The van der Waals surface area contributed by atoms with Crippen LogP contribution < -0.4 is 15.5 Å². The first-order chi connectivity index (χ1) is 9.83. The van der Waals surface area contributed by atoms with E-state index in [0.29, 0.717) is 0 Å². The van der Waals surface area contributed by atoms with Crippen molar-refractivity contribution >= 4 is 17.4 Å². The van der Waals surface area contributed by atoms with Crippen LogP contribution in [0.5, 0.6) is 0 Å². The molecule has 3 rings (SSSR count). The van der Waals surface area contributed by atoms with E-state index in [1.54, 1.807) is 6.20 Å². The first-order valence-electron chi connectivity index (χ1n) is 7.58. The molecule has 1 aromatic rings. The zero-order valence-electron chi connectivity index (χ0n) is 11.8. The number of rotatable bonds is 3. The Balaban J connectivity index is 1.58. The number of carbonyl (C=O) groups is 1. The molecule has 3 heterocycles. The van der Waals surface area contributed by atoms with Crippen LogP contribution >= 0.6 is 0 Å². The summed E-state index contributed by atoms with van der Waals surface area (Å²) in [6.45, 7) is 3.11. The van der Waals surface area contributed by atoms with Crippen LogP contribution in [-0.4, -0.2) is 36.6 Å². The average molecular weight is 274 g/mol. The third kappa shape index (κ3) is 3.10. The van der Waals surface area contributed by atoms with Crippen LogP contribution in [-0.2, 0) is 4.79 Å². The highest BCUT2D eigenvalue weighted by atomic mass is 16.2. The molecular weight excluding hydrogens is 252 g/mol. The van der Waals surface area contributed by atoms with Gasteiger partial charge in [-0.2, -0.15) is 0 Å². The number of hydrogen-bond donors (Lipinski definition) is 2. The standard InChI is InChI=1S/C15H22N4O/c20-15(13-5-1-2-8-16-13)18-12-6-7-14(17-11-12)19-9-3-4-10-19/h6-7,11,13,16H,1-5,8-10H2,(H,18,20). The number of nitrogens with zero attached hydrogens (tertiary/aromatic N) is 2. The Morgan fingerprint density at radius 3 is 2.75 bits per heavy atom. The molecule has 1 atom stereocenters. The van der Waals surface area contributed by atoms with Crippen LogP contribution in [0.2, 0.25) is 0 Å². The molecule has 5 nitrogen and oxygen atoms in total. The number of carbonyl (C=O) groups excluding carboxylic acids is 1. The van der Waals surface area contributed by atoms with E-state index >= 15 is 0 Å². The molecule has 2 aliphatic heterocycles. The van der Waals surface area contributed by atoms with Gasteiger partial charge in [-0.05, 0) is 44.4 Å². The molecule has 0 saturated carbocycles. The van der Waals surface area contributed by atoms with Crippen molar-refractivity contribution in [2.75, 3.05) is 29.9 Å². The molecule has 5 heteroatoms. The highest BCUT2D eigenvalue weighted by molar-refractivity contribution is 5.94. The Morgan fingerprint density at radius 2 is 2.10 bits per heavy atom. The molecule has 1 aromatic heterocycles. The van der Waals surface area contributed by atoms with Crippen LogP contribution in [0, 0.1) is 0 Å². The highest BCUT2D eigenvalue weighted by Gasteiger charge is 2.20. The quantitative estimate of drug-likeness (QED) is 0.882. The SMILES string of the molecule is O=C(Nc1ccc(N2CCCC2)nc1)C1CCCCN1. The van der Waals surface area contributed by atoms with Crippen LogP contribution in [0.4, 0.5) is 11.5 Å². The Hall–Kier alpha value is -1.62. The summed E-state index contributed by atoms with van der Waals surface area (Å²) in [5, 5.41) is 6.20. The maximum atomic E-state index is 12.1. The van der Waals surface area contributed by atoms with Crippen LogP contribution in [0.3, 0.4) is 0 Å². The molecule has 2 N–H and O–H groups in total. The molecule has 20 heavy (non-hydrogen) atoms. The summed E-state index contributed by atoms with van der Waals surface area (Å²) in [4.78, 5) is 18.8. The molecule has 0 bridgehead atoms. The van der Waals surface area contributed by atoms with Gasteiger partial charge in [0, 0.05) is 13.1 Å². The number of hydrogen-bond acceptors (Lipinski definition) is 4. The number of pyridine rings is 1. The van der Waals surface area contributed by atoms with Crippen molar-refractivity contribution in [2.45, 2.75) is 38.1 Å². The van der Waals surface area contributed by atoms with Crippen molar-refractivity contribution in [1.82, 2.24) is 10.3 Å². The van der Waals surface area contributed by atoms with E-state index in [9.17, 15) is 4.79 Å². The van der Waals surface area contributed by atoms with Gasteiger partial charge in [0.05, 0.1) is 17.9 Å². The molecule has 2 saturated heterocycles. The minimum atomic E-state index is -0.0537. The molecule has 1 unspecified atom stereocenters. The Bertz CT molecular complexity index is 447. The van der Waals surface area contributed by atoms with Crippen molar-refractivity contribution in [3.05, 3.63) is 18.3 Å². The lowest BCUT2D eigenvalue weighted by Gasteiger charge is -2.22. The normalized spacial score (nSPS) is 22.8. The summed E-state index contributed by atoms with van der Waals surface area (Å²) in [6.07, 6.45) is 7.45. The van der Waals surface area contributed by atoms with Crippen molar-refractivity contribution in [1.29, 1.82) is 0 Å². The fraction of sp³-hybridized carbons (Fsp3) is 0.600. The molecule has 2 aliphatic rings. The van der Waals surface area contributed by atoms with Crippen LogP contribution in [0.25, 0.3) is 0 Å². The van der Waals surface area contributed by atoms with Crippen molar-refractivity contribution in [3.8, 4) is 0 Å². The second-order valence-corrected chi connectivity index (χ2v) is 5.59. The predicted octanol–water partition coefficient (Wildman–Crippen LogP) is 1.76. The third-order valence-corrected chi connectivity index (χ3v) is 4.07. The maximum Gasteiger partial charge on any atom is 0.241 e. The fourth-order valence-corrected chi connectivity index (χ4v) is 2.90. The lowest BCUT2D eigenvalue weighted by atomic mass is 10.0. The van der Waals surface area contributed by atoms with E-state index in [1.165, 1.54) is 12.8 Å². The molecule has 0 radical (unpaired) electrons. The molecule has 108 valence electrons. The van der Waals surface area contributed by atoms with Gasteiger partial charge in [-0.1, -0.05) is 6.42 Å². The van der Waals surface area contributed by atoms with E-state index < -0.39 is 0 Å². The fourth-order valence-electron chi connectivity index (χ4n) is 2.90. The van der Waals surface area contributed by atoms with E-state index in [1.807, 2.05) is 12.1 Å². The minimum Gasteiger partial charge on any atom is -0.357 e. The lowest BCUT2D eigenvalue weighted by Crippen LogP contribution is -2.43. The number of anilines is 2. The summed E-state index contributed by atoms with van der Waals surface area (Å²) in [5.41, 5.74) is 0.783. The van der Waals surface area contributed by atoms with Gasteiger partial charge in [-0.15, -0.1) is 0 Å². The van der Waals surface area contributed by atoms with Crippen molar-refractivity contribution < 1.29 is 4.79 Å². The van der Waals surface area contributed by atoms with Gasteiger partial charge < -0.3 is 15.5 Å². The lowest BCUT2D eigenvalue weighted by molar-refractivity contribution is -0.118. The number of amides is 1. The summed E-state index contributed by atoms with van der Waals surface area (Å²) < 4.78 is 0. The van der Waals surface area contributed by atoms with Gasteiger partial charge in [0.2, 0.25) is 5.91 Å². The first kappa shape index (κ1) is 13.4. The second kappa shape index (κ2) is 6.22. The van der Waals surface area contributed by atoms with E-state index in [4.69, 9.17) is 0 Å². The Labute approximate surface area is 119 Å². The van der Waals surface area contributed by atoms with Gasteiger partial charge in [0.1, 0.15) is 5.82 Å². The Morgan fingerprint density at radius 1 is 1.25 bits per heavy atom. The van der Waals surface area contributed by atoms with Gasteiger partial charge in [-0.25, -0.2) is 4.98 Å². The number of nitrogens with one attached hydrogen (secondary N) is 2. The van der Waals surface area contributed by atoms with Crippen molar-refractivity contribution in [3.63, 3.8) is 0 Å². The van der Waals surface area contributed by atoms with E-state index in [2.05, 4.69) is 20.5 Å². The van der Waals surface area contributed by atoms with Crippen LogP contribution in [0.1, 0.15) is 32.1 Å². The monoisotopic (exact) mass is 274 g/mol. The van der Waals surface area contributed by atoms with Crippen molar-refractivity contribution in [2.24, 2.45) is 0 Å². The molecule has 0 spiro atoms. The zero-order chi connectivity index (χ0) is 13.8. The topological polar surface area (TPSA) is 57.3 Å². The number of aromatic nitrogens is 1. The molecule has 0 aromatic carbocycles. The predicted molar refractivity (Wildman–Crippen MR) is 80.0 cm³/mol. The molecule has 2 fully saturated rings. The zero-order valence-corrected chi connectivity index (χ0v) is 11.8. The molecule has 1 amide bonds. The number of piperidine rings is 1. The minimum absolute atomic E-state index is 0.0537. The second-order valence-electron chi connectivity index (χ2n) is 5.59. The molecular formula is C15H22N4O. The summed E-state index contributed by atoms with van der Waals surface area (Å²) in [5.74, 6) is 1.07. The summed E-state index contributed by atoms with van der Waals surface area (Å²) in [6, 6.07) is 3.89. The van der Waals surface area contributed by atoms with Gasteiger partial charge in [0.15, 0.2) is 0 Å². The molecule has 0 aliphatic carbocycles. The smallest absolute Gasteiger partial charge is 0.241 e. The first-order valence-corrected chi connectivity index (χ1v) is 7.58. The Kier molecular flexibility index (Phi) is 4.16. The average Bonchev–Trinajstić information content (AvgIpc) is 3.03. The maximum absolute atomic E-state index is 12.1. The van der Waals surface area contributed by atoms with Crippen LogP contribution in [0.15, 0.2) is 18.3 Å². The van der Waals surface area contributed by atoms with Gasteiger partial charge in [0.25, 0.3) is 0 Å². The van der Waals surface area contributed by atoms with Gasteiger partial charge >= 0.3 is 0 Å². The summed E-state index contributed by atoms with van der Waals surface area (Å²) >= 11 is 0. The summed E-state index contributed by atoms with van der Waals surface area (Å²) in [7, 11) is 0. The highest BCUT2D eigenvalue weighted by Crippen LogP contribution is 2.19.